The van der Waals surface area contributed by atoms with Gasteiger partial charge >= 0.3 is 0 Å². The third-order valence-corrected chi connectivity index (χ3v) is 3.60. The minimum Gasteiger partial charge on any atom is -0.390 e. The molecular formula is C12H18ClN3O. The van der Waals surface area contributed by atoms with Gasteiger partial charge in [-0.25, -0.2) is 9.97 Å². The number of rotatable bonds is 2. The van der Waals surface area contributed by atoms with Crippen LogP contribution < -0.4 is 4.90 Å². The normalized spacial score (nSPS) is 18.5. The summed E-state index contributed by atoms with van der Waals surface area (Å²) in [5, 5.41) is 10.4. The van der Waals surface area contributed by atoms with Crippen LogP contribution in [0.3, 0.4) is 0 Å². The average Bonchev–Trinajstić information content (AvgIpc) is 2.28. The van der Waals surface area contributed by atoms with Crippen LogP contribution in [0.4, 0.5) is 5.95 Å². The fourth-order valence-corrected chi connectivity index (χ4v) is 2.40. The molecule has 1 fully saturated rings. The summed E-state index contributed by atoms with van der Waals surface area (Å²) in [5.41, 5.74) is -0.596. The van der Waals surface area contributed by atoms with Crippen LogP contribution in [0.1, 0.15) is 26.7 Å². The molecule has 1 saturated heterocycles. The van der Waals surface area contributed by atoms with Gasteiger partial charge in [-0.15, -0.1) is 0 Å². The van der Waals surface area contributed by atoms with Crippen molar-refractivity contribution in [3.05, 3.63) is 17.4 Å². The van der Waals surface area contributed by atoms with E-state index in [1.165, 1.54) is 0 Å². The highest BCUT2D eigenvalue weighted by molar-refractivity contribution is 6.29. The predicted molar refractivity (Wildman–Crippen MR) is 68.3 cm³/mol. The van der Waals surface area contributed by atoms with Crippen molar-refractivity contribution in [3.8, 4) is 0 Å². The number of aliphatic hydroxyl groups is 1. The van der Waals surface area contributed by atoms with Crippen LogP contribution in [0.2, 0.25) is 5.15 Å². The number of hydrogen-bond acceptors (Lipinski definition) is 4. The maximum atomic E-state index is 9.97. The van der Waals surface area contributed by atoms with Crippen molar-refractivity contribution in [1.29, 1.82) is 0 Å². The highest BCUT2D eigenvalue weighted by Crippen LogP contribution is 2.29. The third kappa shape index (κ3) is 3.07. The van der Waals surface area contributed by atoms with Crippen LogP contribution in [-0.4, -0.2) is 33.8 Å². The Morgan fingerprint density at radius 2 is 2.06 bits per heavy atom. The minimum absolute atomic E-state index is 0.345. The quantitative estimate of drug-likeness (QED) is 0.823. The maximum absolute atomic E-state index is 9.97. The highest BCUT2D eigenvalue weighted by Gasteiger charge is 2.31. The molecule has 17 heavy (non-hydrogen) atoms. The van der Waals surface area contributed by atoms with Gasteiger partial charge in [0.05, 0.1) is 5.60 Å². The summed E-state index contributed by atoms with van der Waals surface area (Å²) < 4.78 is 0. The Balaban J connectivity index is 2.00. The first kappa shape index (κ1) is 12.6. The molecule has 0 saturated carbocycles. The van der Waals surface area contributed by atoms with E-state index in [0.717, 1.165) is 25.9 Å². The van der Waals surface area contributed by atoms with Crippen LogP contribution in [0.15, 0.2) is 12.3 Å². The Morgan fingerprint density at radius 1 is 1.41 bits per heavy atom. The predicted octanol–water partition coefficient (Wildman–Crippen LogP) is 2.12. The van der Waals surface area contributed by atoms with Gasteiger partial charge in [0.15, 0.2) is 0 Å². The smallest absolute Gasteiger partial charge is 0.226 e. The first-order valence-electron chi connectivity index (χ1n) is 5.92. The SMILES string of the molecule is CC(C)(O)C1CCN(c2nccc(Cl)n2)CC1. The van der Waals surface area contributed by atoms with Gasteiger partial charge in [-0.05, 0) is 38.7 Å². The fraction of sp³-hybridized carbons (Fsp3) is 0.667. The molecule has 1 N–H and O–H groups in total. The molecule has 0 bridgehead atoms. The first-order chi connectivity index (χ1) is 7.97. The van der Waals surface area contributed by atoms with E-state index >= 15 is 0 Å². The number of nitrogens with zero attached hydrogens (tertiary/aromatic N) is 3. The summed E-state index contributed by atoms with van der Waals surface area (Å²) in [7, 11) is 0. The van der Waals surface area contributed by atoms with Crippen molar-refractivity contribution < 1.29 is 5.11 Å². The number of halogens is 1. The second-order valence-corrected chi connectivity index (χ2v) is 5.48. The van der Waals surface area contributed by atoms with E-state index in [9.17, 15) is 5.11 Å². The standard InChI is InChI=1S/C12H18ClN3O/c1-12(2,17)9-4-7-16(8-5-9)11-14-6-3-10(13)15-11/h3,6,9,17H,4-5,7-8H2,1-2H3. The van der Waals surface area contributed by atoms with Crippen LogP contribution >= 0.6 is 11.6 Å². The minimum atomic E-state index is -0.596. The van der Waals surface area contributed by atoms with Gasteiger partial charge in [-0.1, -0.05) is 11.6 Å². The Hall–Kier alpha value is -0.870. The van der Waals surface area contributed by atoms with E-state index in [1.54, 1.807) is 12.3 Å². The molecule has 1 aliphatic heterocycles. The molecule has 94 valence electrons. The van der Waals surface area contributed by atoms with Crippen molar-refractivity contribution >= 4 is 17.5 Å². The van der Waals surface area contributed by atoms with Crippen molar-refractivity contribution in [2.75, 3.05) is 18.0 Å². The third-order valence-electron chi connectivity index (χ3n) is 3.39. The van der Waals surface area contributed by atoms with E-state index in [2.05, 4.69) is 14.9 Å². The van der Waals surface area contributed by atoms with Gasteiger partial charge in [0.1, 0.15) is 5.15 Å². The molecule has 1 aromatic heterocycles. The molecule has 0 aromatic carbocycles. The molecule has 0 unspecified atom stereocenters. The summed E-state index contributed by atoms with van der Waals surface area (Å²) in [6, 6.07) is 1.68. The molecule has 0 atom stereocenters. The summed E-state index contributed by atoms with van der Waals surface area (Å²) >= 11 is 5.85. The zero-order valence-electron chi connectivity index (χ0n) is 10.2. The Labute approximate surface area is 107 Å². The van der Waals surface area contributed by atoms with E-state index in [1.807, 2.05) is 13.8 Å². The molecule has 2 rings (SSSR count). The first-order valence-corrected chi connectivity index (χ1v) is 6.30. The Morgan fingerprint density at radius 3 is 2.59 bits per heavy atom. The van der Waals surface area contributed by atoms with Crippen LogP contribution in [0.25, 0.3) is 0 Å². The van der Waals surface area contributed by atoms with Gasteiger partial charge in [0, 0.05) is 19.3 Å². The topological polar surface area (TPSA) is 49.2 Å². The van der Waals surface area contributed by atoms with Gasteiger partial charge in [-0.3, -0.25) is 0 Å². The number of aromatic nitrogens is 2. The molecule has 0 amide bonds. The summed E-state index contributed by atoms with van der Waals surface area (Å²) in [4.78, 5) is 10.5. The second kappa shape index (κ2) is 4.78. The lowest BCUT2D eigenvalue weighted by Crippen LogP contribution is -2.42. The molecule has 0 spiro atoms. The molecular weight excluding hydrogens is 238 g/mol. The van der Waals surface area contributed by atoms with E-state index in [-0.39, 0.29) is 0 Å². The Bertz CT molecular complexity index is 384. The largest absolute Gasteiger partial charge is 0.390 e. The number of hydrogen-bond donors (Lipinski definition) is 1. The summed E-state index contributed by atoms with van der Waals surface area (Å²) in [6.07, 6.45) is 3.59. The zero-order chi connectivity index (χ0) is 12.5. The molecule has 0 aliphatic carbocycles. The van der Waals surface area contributed by atoms with E-state index < -0.39 is 5.60 Å². The van der Waals surface area contributed by atoms with Crippen LogP contribution in [0.5, 0.6) is 0 Å². The fourth-order valence-electron chi connectivity index (χ4n) is 2.27. The zero-order valence-corrected chi connectivity index (χ0v) is 11.0. The molecule has 5 heteroatoms. The summed E-state index contributed by atoms with van der Waals surface area (Å²) in [6.45, 7) is 5.50. The average molecular weight is 256 g/mol. The highest BCUT2D eigenvalue weighted by atomic mass is 35.5. The van der Waals surface area contributed by atoms with Gasteiger partial charge in [0.2, 0.25) is 5.95 Å². The van der Waals surface area contributed by atoms with Gasteiger partial charge < -0.3 is 10.0 Å². The van der Waals surface area contributed by atoms with Crippen molar-refractivity contribution in [3.63, 3.8) is 0 Å². The Kier molecular flexibility index (Phi) is 3.54. The monoisotopic (exact) mass is 255 g/mol. The van der Waals surface area contributed by atoms with Gasteiger partial charge in [0.25, 0.3) is 0 Å². The second-order valence-electron chi connectivity index (χ2n) is 5.09. The molecule has 4 nitrogen and oxygen atoms in total. The number of anilines is 1. The maximum Gasteiger partial charge on any atom is 0.226 e. The molecule has 0 radical (unpaired) electrons. The summed E-state index contributed by atoms with van der Waals surface area (Å²) in [5.74, 6) is 1.03. The molecule has 1 aliphatic rings. The lowest BCUT2D eigenvalue weighted by atomic mass is 9.83. The lowest BCUT2D eigenvalue weighted by Gasteiger charge is -2.37. The molecule has 2 heterocycles. The lowest BCUT2D eigenvalue weighted by molar-refractivity contribution is 0.00640. The van der Waals surface area contributed by atoms with Crippen LogP contribution in [0, 0.1) is 5.92 Å². The molecule has 1 aromatic rings. The van der Waals surface area contributed by atoms with Gasteiger partial charge in [-0.2, -0.15) is 0 Å². The van der Waals surface area contributed by atoms with Crippen molar-refractivity contribution in [2.24, 2.45) is 5.92 Å². The van der Waals surface area contributed by atoms with Crippen LogP contribution in [-0.2, 0) is 0 Å². The van der Waals surface area contributed by atoms with E-state index in [0.29, 0.717) is 17.0 Å². The number of piperidine rings is 1. The van der Waals surface area contributed by atoms with Crippen molar-refractivity contribution in [1.82, 2.24) is 9.97 Å². The van der Waals surface area contributed by atoms with E-state index in [4.69, 9.17) is 11.6 Å². The van der Waals surface area contributed by atoms with Crippen molar-refractivity contribution in [2.45, 2.75) is 32.3 Å².